The van der Waals surface area contributed by atoms with Crippen molar-refractivity contribution < 1.29 is 4.79 Å². The van der Waals surface area contributed by atoms with Gasteiger partial charge >= 0.3 is 5.69 Å². The highest BCUT2D eigenvalue weighted by Crippen LogP contribution is 2.30. The number of nitrogens with one attached hydrogen (secondary N) is 2. The lowest BCUT2D eigenvalue weighted by molar-refractivity contribution is 0.0883. The van der Waals surface area contributed by atoms with Gasteiger partial charge in [-0.3, -0.25) is 9.36 Å². The van der Waals surface area contributed by atoms with Crippen LogP contribution in [0.1, 0.15) is 67.7 Å². The summed E-state index contributed by atoms with van der Waals surface area (Å²) in [6, 6.07) is 16.1. The van der Waals surface area contributed by atoms with Gasteiger partial charge < -0.3 is 4.98 Å². The number of Topliss-reactive ketones (excluding diaryl/α,β-unsaturated/α-hetero) is 1. The number of hydrogen-bond acceptors (Lipinski definition) is 5. The Kier molecular flexibility index (Phi) is 6.93. The number of ketones is 1. The highest BCUT2D eigenvalue weighted by molar-refractivity contribution is 5.97. The summed E-state index contributed by atoms with van der Waals surface area (Å²) in [6.45, 7) is 4.66. The normalized spacial score (nSPS) is 14.4. The Morgan fingerprint density at radius 1 is 1.03 bits per heavy atom. The summed E-state index contributed by atoms with van der Waals surface area (Å²) in [7, 11) is 0. The van der Waals surface area contributed by atoms with Crippen LogP contribution in [0.25, 0.3) is 22.5 Å². The van der Waals surface area contributed by atoms with E-state index in [0.29, 0.717) is 30.4 Å². The Labute approximate surface area is 210 Å². The van der Waals surface area contributed by atoms with Gasteiger partial charge in [0.15, 0.2) is 11.6 Å². The second-order valence-corrected chi connectivity index (χ2v) is 10.1. The number of aromatic amines is 2. The molecule has 2 heterocycles. The molecule has 0 saturated heterocycles. The first-order valence-electron chi connectivity index (χ1n) is 12.8. The summed E-state index contributed by atoms with van der Waals surface area (Å²) in [6.07, 6.45) is 5.88. The maximum absolute atomic E-state index is 13.4. The summed E-state index contributed by atoms with van der Waals surface area (Å²) < 4.78 is 1.75. The molecule has 0 aliphatic heterocycles. The number of rotatable bonds is 8. The summed E-state index contributed by atoms with van der Waals surface area (Å²) in [5, 5.41) is 14.3. The number of carbonyl (C=O) groups excluding carboxylic acids is 1. The number of aromatic nitrogens is 6. The van der Waals surface area contributed by atoms with Crippen LogP contribution in [-0.4, -0.2) is 36.0 Å². The molecule has 0 amide bonds. The van der Waals surface area contributed by atoms with E-state index in [9.17, 15) is 9.59 Å². The van der Waals surface area contributed by atoms with E-state index in [4.69, 9.17) is 0 Å². The predicted molar refractivity (Wildman–Crippen MR) is 139 cm³/mol. The Morgan fingerprint density at radius 3 is 2.42 bits per heavy atom. The first kappa shape index (κ1) is 23.9. The quantitative estimate of drug-likeness (QED) is 0.341. The highest BCUT2D eigenvalue weighted by Gasteiger charge is 2.28. The molecule has 1 aliphatic carbocycles. The Balaban J connectivity index is 1.43. The second-order valence-electron chi connectivity index (χ2n) is 10.1. The van der Waals surface area contributed by atoms with Gasteiger partial charge in [0.1, 0.15) is 5.69 Å². The zero-order valence-electron chi connectivity index (χ0n) is 20.8. The van der Waals surface area contributed by atoms with Crippen LogP contribution in [0.5, 0.6) is 0 Å². The molecule has 0 atom stereocenters. The third kappa shape index (κ3) is 4.94. The van der Waals surface area contributed by atoms with Crippen LogP contribution in [0, 0.1) is 11.8 Å². The second kappa shape index (κ2) is 10.4. The minimum absolute atomic E-state index is 0.0232. The number of nitrogens with zero attached hydrogens (tertiary/aromatic N) is 4. The van der Waals surface area contributed by atoms with Gasteiger partial charge in [0.2, 0.25) is 0 Å². The van der Waals surface area contributed by atoms with E-state index in [1.54, 1.807) is 4.57 Å². The van der Waals surface area contributed by atoms with Crippen molar-refractivity contribution in [2.24, 2.45) is 11.8 Å². The van der Waals surface area contributed by atoms with Crippen molar-refractivity contribution >= 4 is 5.78 Å². The van der Waals surface area contributed by atoms with Crippen molar-refractivity contribution in [2.45, 2.75) is 58.9 Å². The molecule has 1 aliphatic rings. The van der Waals surface area contributed by atoms with Crippen molar-refractivity contribution in [3.63, 3.8) is 0 Å². The van der Waals surface area contributed by atoms with Gasteiger partial charge in [-0.1, -0.05) is 81.6 Å². The Bertz CT molecular complexity index is 1380. The van der Waals surface area contributed by atoms with Crippen molar-refractivity contribution in [2.75, 3.05) is 0 Å². The van der Waals surface area contributed by atoms with Gasteiger partial charge in [0, 0.05) is 11.5 Å². The van der Waals surface area contributed by atoms with Crippen LogP contribution >= 0.6 is 0 Å². The fourth-order valence-electron chi connectivity index (χ4n) is 5.23. The molecule has 2 N–H and O–H groups in total. The zero-order valence-corrected chi connectivity index (χ0v) is 20.8. The molecule has 5 rings (SSSR count). The highest BCUT2D eigenvalue weighted by atomic mass is 16.2. The SMILES string of the molecule is CC(C)Cc1c(C(=O)C2CCCCC2)[nH]c(=O)n1Cc1ccc(-c2ccccc2-c2nnn[nH]2)cc1. The molecule has 8 nitrogen and oxygen atoms in total. The summed E-state index contributed by atoms with van der Waals surface area (Å²) in [4.78, 5) is 29.3. The number of carbonyl (C=O) groups is 1. The number of imidazole rings is 1. The predicted octanol–water partition coefficient (Wildman–Crippen LogP) is 5.03. The molecule has 4 aromatic rings. The molecule has 0 spiro atoms. The van der Waals surface area contributed by atoms with E-state index >= 15 is 0 Å². The number of H-pyrrole nitrogens is 2. The first-order chi connectivity index (χ1) is 17.5. The van der Waals surface area contributed by atoms with Crippen molar-refractivity contribution in [1.29, 1.82) is 0 Å². The minimum Gasteiger partial charge on any atom is -0.303 e. The molecule has 0 radical (unpaired) electrons. The van der Waals surface area contributed by atoms with Crippen LogP contribution in [0.15, 0.2) is 53.3 Å². The van der Waals surface area contributed by atoms with Crippen LogP contribution in [0.2, 0.25) is 0 Å². The lowest BCUT2D eigenvalue weighted by Crippen LogP contribution is -2.21. The van der Waals surface area contributed by atoms with Crippen LogP contribution in [-0.2, 0) is 13.0 Å². The first-order valence-corrected chi connectivity index (χ1v) is 12.8. The van der Waals surface area contributed by atoms with Gasteiger partial charge in [-0.15, -0.1) is 5.10 Å². The molecule has 36 heavy (non-hydrogen) atoms. The van der Waals surface area contributed by atoms with Crippen molar-refractivity contribution in [1.82, 2.24) is 30.2 Å². The van der Waals surface area contributed by atoms with Crippen LogP contribution in [0.3, 0.4) is 0 Å². The zero-order chi connectivity index (χ0) is 25.1. The average Bonchev–Trinajstić information content (AvgIpc) is 3.54. The minimum atomic E-state index is -0.211. The van der Waals surface area contributed by atoms with E-state index in [0.717, 1.165) is 53.6 Å². The maximum Gasteiger partial charge on any atom is 0.326 e. The lowest BCUT2D eigenvalue weighted by Gasteiger charge is -2.20. The van der Waals surface area contributed by atoms with Crippen LogP contribution < -0.4 is 5.69 Å². The molecule has 0 unspecified atom stereocenters. The largest absolute Gasteiger partial charge is 0.326 e. The molecule has 1 fully saturated rings. The van der Waals surface area contributed by atoms with E-state index in [-0.39, 0.29) is 17.4 Å². The lowest BCUT2D eigenvalue weighted by atomic mass is 9.84. The van der Waals surface area contributed by atoms with Gasteiger partial charge in [-0.25, -0.2) is 9.89 Å². The molecule has 2 aromatic carbocycles. The number of benzene rings is 2. The van der Waals surface area contributed by atoms with Gasteiger partial charge in [0.05, 0.1) is 12.2 Å². The maximum atomic E-state index is 13.4. The van der Waals surface area contributed by atoms with Crippen molar-refractivity contribution in [3.8, 4) is 22.5 Å². The van der Waals surface area contributed by atoms with Gasteiger partial charge in [-0.2, -0.15) is 0 Å². The molecular formula is C28H32N6O2. The standard InChI is InChI=1S/C28H32N6O2/c1-18(2)16-24-25(26(35)21-8-4-3-5-9-21)29-28(36)34(24)17-19-12-14-20(15-13-19)22-10-6-7-11-23(22)27-30-32-33-31-27/h6-7,10-15,18,21H,3-5,8-9,16-17H2,1-2H3,(H,29,36)(H,30,31,32,33). The summed E-state index contributed by atoms with van der Waals surface area (Å²) >= 11 is 0. The smallest absolute Gasteiger partial charge is 0.303 e. The van der Waals surface area contributed by atoms with E-state index < -0.39 is 0 Å². The number of tetrazole rings is 1. The molecule has 1 saturated carbocycles. The van der Waals surface area contributed by atoms with Gasteiger partial charge in [0.25, 0.3) is 0 Å². The fourth-order valence-corrected chi connectivity index (χ4v) is 5.23. The van der Waals surface area contributed by atoms with Crippen molar-refractivity contribution in [3.05, 3.63) is 76.0 Å². The van der Waals surface area contributed by atoms with Crippen LogP contribution in [0.4, 0.5) is 0 Å². The monoisotopic (exact) mass is 484 g/mol. The Morgan fingerprint density at radius 2 is 1.75 bits per heavy atom. The third-order valence-corrected chi connectivity index (χ3v) is 7.05. The van der Waals surface area contributed by atoms with E-state index in [1.165, 1.54) is 6.42 Å². The summed E-state index contributed by atoms with van der Waals surface area (Å²) in [5.41, 5.74) is 5.11. The van der Waals surface area contributed by atoms with Gasteiger partial charge in [-0.05, 0) is 52.3 Å². The topological polar surface area (TPSA) is 109 Å². The molecule has 0 bridgehead atoms. The summed E-state index contributed by atoms with van der Waals surface area (Å²) in [5.74, 6) is 1.07. The third-order valence-electron chi connectivity index (χ3n) is 7.05. The Hall–Kier alpha value is -3.81. The van der Waals surface area contributed by atoms with E-state index in [1.807, 2.05) is 48.5 Å². The molecular weight excluding hydrogens is 452 g/mol. The molecule has 2 aromatic heterocycles. The average molecular weight is 485 g/mol. The van der Waals surface area contributed by atoms with E-state index in [2.05, 4.69) is 39.5 Å². The number of hydrogen-bond donors (Lipinski definition) is 2. The fraction of sp³-hybridized carbons (Fsp3) is 0.393. The molecule has 8 heteroatoms. The molecule has 186 valence electrons.